The standard InChI is InChI=1S/C16H23ClN2O2/c1-12(2)19-9-7-14(8-10-19)18-16(20)11-21-15-5-3-13(17)4-6-15/h3-6,12,14H,7-11H2,1-2H3,(H,18,20). The summed E-state index contributed by atoms with van der Waals surface area (Å²) in [5, 5.41) is 3.70. The van der Waals surface area contributed by atoms with Crippen molar-refractivity contribution in [1.82, 2.24) is 10.2 Å². The topological polar surface area (TPSA) is 41.6 Å². The molecule has 0 spiro atoms. The molecule has 1 aromatic rings. The first-order valence-corrected chi connectivity index (χ1v) is 7.84. The van der Waals surface area contributed by atoms with Crippen LogP contribution in [-0.2, 0) is 4.79 Å². The van der Waals surface area contributed by atoms with Gasteiger partial charge < -0.3 is 15.0 Å². The molecular formula is C16H23ClN2O2. The largest absolute Gasteiger partial charge is 0.484 e. The number of hydrogen-bond acceptors (Lipinski definition) is 3. The maximum Gasteiger partial charge on any atom is 0.258 e. The summed E-state index contributed by atoms with van der Waals surface area (Å²) in [6.45, 7) is 6.55. The molecule has 0 radical (unpaired) electrons. The molecule has 2 rings (SSSR count). The highest BCUT2D eigenvalue weighted by atomic mass is 35.5. The van der Waals surface area contributed by atoms with Crippen molar-refractivity contribution >= 4 is 17.5 Å². The summed E-state index contributed by atoms with van der Waals surface area (Å²) in [7, 11) is 0. The van der Waals surface area contributed by atoms with Crippen LogP contribution in [0, 0.1) is 0 Å². The molecule has 0 saturated carbocycles. The molecular weight excluding hydrogens is 288 g/mol. The Balaban J connectivity index is 1.69. The van der Waals surface area contributed by atoms with Crippen molar-refractivity contribution in [3.63, 3.8) is 0 Å². The van der Waals surface area contributed by atoms with Gasteiger partial charge in [-0.15, -0.1) is 0 Å². The van der Waals surface area contributed by atoms with Crippen molar-refractivity contribution in [2.24, 2.45) is 0 Å². The Hall–Kier alpha value is -1.26. The first kappa shape index (κ1) is 16.1. The summed E-state index contributed by atoms with van der Waals surface area (Å²) in [6, 6.07) is 7.86. The molecule has 1 aliphatic heterocycles. The lowest BCUT2D eigenvalue weighted by atomic mass is 10.0. The third-order valence-corrected chi connectivity index (χ3v) is 4.06. The first-order chi connectivity index (χ1) is 10.0. The smallest absolute Gasteiger partial charge is 0.258 e. The summed E-state index contributed by atoms with van der Waals surface area (Å²) in [5.74, 6) is 0.595. The number of ether oxygens (including phenoxy) is 1. The molecule has 0 aliphatic carbocycles. The van der Waals surface area contributed by atoms with Crippen LogP contribution in [0.2, 0.25) is 5.02 Å². The van der Waals surface area contributed by atoms with Gasteiger partial charge >= 0.3 is 0 Å². The molecule has 1 amide bonds. The van der Waals surface area contributed by atoms with Crippen molar-refractivity contribution in [2.45, 2.75) is 38.8 Å². The number of benzene rings is 1. The number of nitrogens with zero attached hydrogens (tertiary/aromatic N) is 1. The number of piperidine rings is 1. The van der Waals surface area contributed by atoms with E-state index in [2.05, 4.69) is 24.1 Å². The summed E-state index contributed by atoms with van der Waals surface area (Å²) in [4.78, 5) is 14.3. The van der Waals surface area contributed by atoms with E-state index >= 15 is 0 Å². The Kier molecular flexibility index (Phi) is 5.88. The average molecular weight is 311 g/mol. The van der Waals surface area contributed by atoms with E-state index < -0.39 is 0 Å². The molecule has 1 aliphatic rings. The van der Waals surface area contributed by atoms with Crippen LogP contribution in [0.25, 0.3) is 0 Å². The zero-order chi connectivity index (χ0) is 15.2. The van der Waals surface area contributed by atoms with E-state index in [0.29, 0.717) is 16.8 Å². The van der Waals surface area contributed by atoms with Crippen molar-refractivity contribution < 1.29 is 9.53 Å². The van der Waals surface area contributed by atoms with Crippen LogP contribution in [-0.4, -0.2) is 42.6 Å². The minimum absolute atomic E-state index is 0.0476. The summed E-state index contributed by atoms with van der Waals surface area (Å²) >= 11 is 5.80. The number of halogens is 1. The van der Waals surface area contributed by atoms with Gasteiger partial charge in [0.2, 0.25) is 0 Å². The molecule has 1 aromatic carbocycles. The Morgan fingerprint density at radius 3 is 2.52 bits per heavy atom. The van der Waals surface area contributed by atoms with Gasteiger partial charge in [0.15, 0.2) is 6.61 Å². The Morgan fingerprint density at radius 1 is 1.33 bits per heavy atom. The first-order valence-electron chi connectivity index (χ1n) is 7.46. The second-order valence-electron chi connectivity index (χ2n) is 5.71. The van der Waals surface area contributed by atoms with Gasteiger partial charge in [0, 0.05) is 30.2 Å². The van der Waals surface area contributed by atoms with Crippen molar-refractivity contribution in [3.05, 3.63) is 29.3 Å². The third kappa shape index (κ3) is 5.21. The van der Waals surface area contributed by atoms with Crippen LogP contribution >= 0.6 is 11.6 Å². The Bertz CT molecular complexity index is 454. The Labute approximate surface area is 131 Å². The van der Waals surface area contributed by atoms with Crippen molar-refractivity contribution in [3.8, 4) is 5.75 Å². The van der Waals surface area contributed by atoms with Gasteiger partial charge in [0.05, 0.1) is 0 Å². The number of rotatable bonds is 5. The van der Waals surface area contributed by atoms with Crippen LogP contribution in [0.15, 0.2) is 24.3 Å². The van der Waals surface area contributed by atoms with Gasteiger partial charge in [-0.3, -0.25) is 4.79 Å². The maximum absolute atomic E-state index is 11.9. The maximum atomic E-state index is 11.9. The minimum atomic E-state index is -0.0621. The summed E-state index contributed by atoms with van der Waals surface area (Å²) in [5.41, 5.74) is 0. The number of amides is 1. The molecule has 21 heavy (non-hydrogen) atoms. The number of carbonyl (C=O) groups is 1. The van der Waals surface area contributed by atoms with Crippen molar-refractivity contribution in [2.75, 3.05) is 19.7 Å². The summed E-state index contributed by atoms with van der Waals surface area (Å²) < 4.78 is 5.44. The zero-order valence-electron chi connectivity index (χ0n) is 12.6. The van der Waals surface area contributed by atoms with Gasteiger partial charge in [0.25, 0.3) is 5.91 Å². The molecule has 0 atom stereocenters. The number of nitrogens with one attached hydrogen (secondary N) is 1. The zero-order valence-corrected chi connectivity index (χ0v) is 13.4. The molecule has 1 N–H and O–H groups in total. The lowest BCUT2D eigenvalue weighted by Gasteiger charge is -2.34. The monoisotopic (exact) mass is 310 g/mol. The second-order valence-corrected chi connectivity index (χ2v) is 6.15. The van der Waals surface area contributed by atoms with Crippen molar-refractivity contribution in [1.29, 1.82) is 0 Å². The van der Waals surface area contributed by atoms with Gasteiger partial charge in [-0.1, -0.05) is 11.6 Å². The molecule has 1 saturated heterocycles. The average Bonchev–Trinajstić information content (AvgIpc) is 2.47. The quantitative estimate of drug-likeness (QED) is 0.909. The van der Waals surface area contributed by atoms with Gasteiger partial charge in [-0.05, 0) is 51.0 Å². The molecule has 4 nitrogen and oxygen atoms in total. The van der Waals surface area contributed by atoms with E-state index in [1.54, 1.807) is 24.3 Å². The lowest BCUT2D eigenvalue weighted by Crippen LogP contribution is -2.47. The van der Waals surface area contributed by atoms with Crippen LogP contribution in [0.1, 0.15) is 26.7 Å². The van der Waals surface area contributed by atoms with Gasteiger partial charge in [0.1, 0.15) is 5.75 Å². The normalized spacial score (nSPS) is 17.0. The summed E-state index contributed by atoms with van der Waals surface area (Å²) in [6.07, 6.45) is 2.01. The third-order valence-electron chi connectivity index (χ3n) is 3.81. The second kappa shape index (κ2) is 7.66. The molecule has 0 aromatic heterocycles. The molecule has 5 heteroatoms. The fraction of sp³-hybridized carbons (Fsp3) is 0.562. The predicted molar refractivity (Wildman–Crippen MR) is 84.8 cm³/mol. The van der Waals surface area contributed by atoms with E-state index in [0.717, 1.165) is 25.9 Å². The number of hydrogen-bond donors (Lipinski definition) is 1. The van der Waals surface area contributed by atoms with E-state index in [9.17, 15) is 4.79 Å². The van der Waals surface area contributed by atoms with E-state index in [-0.39, 0.29) is 18.6 Å². The van der Waals surface area contributed by atoms with E-state index in [1.165, 1.54) is 0 Å². The van der Waals surface area contributed by atoms with Gasteiger partial charge in [-0.2, -0.15) is 0 Å². The molecule has 0 bridgehead atoms. The molecule has 1 heterocycles. The fourth-order valence-electron chi connectivity index (χ4n) is 2.51. The van der Waals surface area contributed by atoms with Crippen LogP contribution in [0.5, 0.6) is 5.75 Å². The van der Waals surface area contributed by atoms with E-state index in [4.69, 9.17) is 16.3 Å². The van der Waals surface area contributed by atoms with Crippen LogP contribution in [0.4, 0.5) is 0 Å². The number of carbonyl (C=O) groups excluding carboxylic acids is 1. The SMILES string of the molecule is CC(C)N1CCC(NC(=O)COc2ccc(Cl)cc2)CC1. The molecule has 116 valence electrons. The highest BCUT2D eigenvalue weighted by Gasteiger charge is 2.21. The van der Waals surface area contributed by atoms with Crippen LogP contribution in [0.3, 0.4) is 0 Å². The number of likely N-dealkylation sites (tertiary alicyclic amines) is 1. The van der Waals surface area contributed by atoms with Gasteiger partial charge in [-0.25, -0.2) is 0 Å². The predicted octanol–water partition coefficient (Wildman–Crippen LogP) is 2.71. The Morgan fingerprint density at radius 2 is 1.95 bits per heavy atom. The highest BCUT2D eigenvalue weighted by molar-refractivity contribution is 6.30. The fourth-order valence-corrected chi connectivity index (χ4v) is 2.64. The molecule has 0 unspecified atom stereocenters. The van der Waals surface area contributed by atoms with E-state index in [1.807, 2.05) is 0 Å². The van der Waals surface area contributed by atoms with Crippen LogP contribution < -0.4 is 10.1 Å². The minimum Gasteiger partial charge on any atom is -0.484 e. The lowest BCUT2D eigenvalue weighted by molar-refractivity contribution is -0.124. The highest BCUT2D eigenvalue weighted by Crippen LogP contribution is 2.16. The molecule has 1 fully saturated rings.